The molecule has 0 saturated heterocycles. The first kappa shape index (κ1) is 11.2. The lowest BCUT2D eigenvalue weighted by Crippen LogP contribution is -2.42. The molecular weight excluding hydrogens is 210 g/mol. The predicted octanol–water partition coefficient (Wildman–Crippen LogP) is 1.99. The minimum atomic E-state index is 0.390. The Morgan fingerprint density at radius 2 is 2.29 bits per heavy atom. The molecule has 3 rings (SSSR count). The maximum Gasteiger partial charge on any atom is 0.0482 e. The van der Waals surface area contributed by atoms with Crippen LogP contribution in [-0.4, -0.2) is 11.0 Å². The molecule has 3 unspecified atom stereocenters. The van der Waals surface area contributed by atoms with Crippen LogP contribution in [0.5, 0.6) is 0 Å². The summed E-state index contributed by atoms with van der Waals surface area (Å²) in [6.07, 6.45) is 5.52. The molecule has 92 valence electrons. The second-order valence-corrected chi connectivity index (χ2v) is 6.18. The summed E-state index contributed by atoms with van der Waals surface area (Å²) in [5, 5.41) is 0. The number of aromatic nitrogens is 1. The number of hydrazine groups is 1. The highest BCUT2D eigenvalue weighted by Crippen LogP contribution is 2.56. The van der Waals surface area contributed by atoms with E-state index in [2.05, 4.69) is 30.3 Å². The molecule has 1 aromatic heterocycles. The summed E-state index contributed by atoms with van der Waals surface area (Å²) in [5.74, 6) is 7.00. The Bertz CT molecular complexity index is 427. The molecule has 3 atom stereocenters. The lowest BCUT2D eigenvalue weighted by molar-refractivity contribution is 0.350. The summed E-state index contributed by atoms with van der Waals surface area (Å²) in [6, 6.07) is 4.63. The maximum absolute atomic E-state index is 5.79. The van der Waals surface area contributed by atoms with Gasteiger partial charge in [-0.25, -0.2) is 0 Å². The molecule has 2 aliphatic carbocycles. The average Bonchev–Trinajstić information content (AvgIpc) is 2.76. The van der Waals surface area contributed by atoms with E-state index >= 15 is 0 Å². The van der Waals surface area contributed by atoms with Crippen LogP contribution in [0.2, 0.25) is 0 Å². The van der Waals surface area contributed by atoms with E-state index in [0.717, 1.165) is 6.42 Å². The molecule has 1 aromatic rings. The van der Waals surface area contributed by atoms with Gasteiger partial charge in [0.2, 0.25) is 0 Å². The van der Waals surface area contributed by atoms with E-state index in [0.29, 0.717) is 23.3 Å². The predicted molar refractivity (Wildman–Crippen MR) is 68.3 cm³/mol. The summed E-state index contributed by atoms with van der Waals surface area (Å²) >= 11 is 0. The zero-order chi connectivity index (χ0) is 12.0. The minimum absolute atomic E-state index is 0.390. The molecule has 0 aliphatic heterocycles. The maximum atomic E-state index is 5.79. The van der Waals surface area contributed by atoms with Crippen molar-refractivity contribution < 1.29 is 0 Å². The van der Waals surface area contributed by atoms with Gasteiger partial charge in [-0.15, -0.1) is 0 Å². The molecule has 1 saturated carbocycles. The number of aryl methyl sites for hydroxylation is 1. The average molecular weight is 231 g/mol. The Hall–Kier alpha value is -0.930. The lowest BCUT2D eigenvalue weighted by Gasteiger charge is -2.24. The minimum Gasteiger partial charge on any atom is -0.271 e. The molecule has 0 bridgehead atoms. The van der Waals surface area contributed by atoms with Crippen molar-refractivity contribution in [1.29, 1.82) is 0 Å². The standard InChI is InChI=1S/C14H21N3/c1-14(2)8-11(14)13(17-15)10-6-5-9-4-3-7-16-12(9)10/h3-4,7,10-11,13,17H,5-6,8,15H2,1-2H3. The van der Waals surface area contributed by atoms with E-state index in [4.69, 9.17) is 5.84 Å². The zero-order valence-electron chi connectivity index (χ0n) is 10.6. The second-order valence-electron chi connectivity index (χ2n) is 6.18. The summed E-state index contributed by atoms with van der Waals surface area (Å²) < 4.78 is 0. The van der Waals surface area contributed by atoms with Crippen LogP contribution in [0.15, 0.2) is 18.3 Å². The lowest BCUT2D eigenvalue weighted by atomic mass is 9.90. The zero-order valence-corrected chi connectivity index (χ0v) is 10.6. The normalized spacial score (nSPS) is 31.0. The van der Waals surface area contributed by atoms with Crippen LogP contribution in [0.3, 0.4) is 0 Å². The van der Waals surface area contributed by atoms with E-state index < -0.39 is 0 Å². The van der Waals surface area contributed by atoms with Crippen molar-refractivity contribution in [2.45, 2.75) is 45.1 Å². The first-order valence-corrected chi connectivity index (χ1v) is 6.53. The van der Waals surface area contributed by atoms with E-state index in [9.17, 15) is 0 Å². The van der Waals surface area contributed by atoms with Gasteiger partial charge in [0, 0.05) is 23.9 Å². The Labute approximate surface area is 103 Å². The fourth-order valence-corrected chi connectivity index (χ4v) is 3.43. The summed E-state index contributed by atoms with van der Waals surface area (Å²) in [6.45, 7) is 4.66. The third kappa shape index (κ3) is 1.78. The summed E-state index contributed by atoms with van der Waals surface area (Å²) in [5.41, 5.74) is 6.20. The van der Waals surface area contributed by atoms with Gasteiger partial charge in [0.15, 0.2) is 0 Å². The van der Waals surface area contributed by atoms with Gasteiger partial charge < -0.3 is 0 Å². The highest BCUT2D eigenvalue weighted by molar-refractivity contribution is 5.31. The van der Waals surface area contributed by atoms with E-state index in [1.807, 2.05) is 12.3 Å². The molecular formula is C14H21N3. The number of nitrogens with zero attached hydrogens (tertiary/aromatic N) is 1. The molecule has 3 heteroatoms. The second kappa shape index (κ2) is 3.79. The fourth-order valence-electron chi connectivity index (χ4n) is 3.43. The van der Waals surface area contributed by atoms with E-state index in [-0.39, 0.29) is 0 Å². The molecule has 2 aliphatic rings. The van der Waals surface area contributed by atoms with Crippen LogP contribution in [0.4, 0.5) is 0 Å². The molecule has 0 amide bonds. The van der Waals surface area contributed by atoms with Gasteiger partial charge in [-0.1, -0.05) is 19.9 Å². The fraction of sp³-hybridized carbons (Fsp3) is 0.643. The van der Waals surface area contributed by atoms with Crippen molar-refractivity contribution in [2.75, 3.05) is 0 Å². The molecule has 0 radical (unpaired) electrons. The number of hydrogen-bond acceptors (Lipinski definition) is 3. The van der Waals surface area contributed by atoms with Crippen molar-refractivity contribution in [3.8, 4) is 0 Å². The first-order valence-electron chi connectivity index (χ1n) is 6.53. The quantitative estimate of drug-likeness (QED) is 0.618. The summed E-state index contributed by atoms with van der Waals surface area (Å²) in [7, 11) is 0. The number of rotatable bonds is 3. The van der Waals surface area contributed by atoms with E-state index in [1.54, 1.807) is 0 Å². The Balaban J connectivity index is 1.85. The molecule has 17 heavy (non-hydrogen) atoms. The number of nitrogens with one attached hydrogen (secondary N) is 1. The van der Waals surface area contributed by atoms with Crippen LogP contribution in [0.25, 0.3) is 0 Å². The van der Waals surface area contributed by atoms with Gasteiger partial charge in [-0.05, 0) is 42.2 Å². The number of nitrogens with two attached hydrogens (primary N) is 1. The molecule has 1 fully saturated rings. The first-order chi connectivity index (χ1) is 8.13. The van der Waals surface area contributed by atoms with Crippen LogP contribution in [0.1, 0.15) is 43.9 Å². The van der Waals surface area contributed by atoms with Gasteiger partial charge in [0.1, 0.15) is 0 Å². The third-order valence-corrected chi connectivity index (χ3v) is 4.65. The SMILES string of the molecule is CC1(C)CC1C(NN)C1CCc2cccnc21. The van der Waals surface area contributed by atoms with E-state index in [1.165, 1.54) is 24.1 Å². The van der Waals surface area contributed by atoms with Crippen molar-refractivity contribution in [2.24, 2.45) is 17.2 Å². The topological polar surface area (TPSA) is 50.9 Å². The van der Waals surface area contributed by atoms with Gasteiger partial charge in [-0.2, -0.15) is 0 Å². The van der Waals surface area contributed by atoms with Crippen molar-refractivity contribution in [3.05, 3.63) is 29.6 Å². The van der Waals surface area contributed by atoms with Crippen molar-refractivity contribution in [1.82, 2.24) is 10.4 Å². The number of pyridine rings is 1. The van der Waals surface area contributed by atoms with Gasteiger partial charge in [0.25, 0.3) is 0 Å². The van der Waals surface area contributed by atoms with Crippen molar-refractivity contribution in [3.63, 3.8) is 0 Å². The van der Waals surface area contributed by atoms with Crippen LogP contribution in [0, 0.1) is 11.3 Å². The van der Waals surface area contributed by atoms with Crippen LogP contribution >= 0.6 is 0 Å². The van der Waals surface area contributed by atoms with Crippen molar-refractivity contribution >= 4 is 0 Å². The monoisotopic (exact) mass is 231 g/mol. The highest BCUT2D eigenvalue weighted by Gasteiger charge is 2.52. The van der Waals surface area contributed by atoms with Gasteiger partial charge in [0.05, 0.1) is 0 Å². The van der Waals surface area contributed by atoms with Gasteiger partial charge in [-0.3, -0.25) is 16.3 Å². The molecule has 0 spiro atoms. The largest absolute Gasteiger partial charge is 0.271 e. The Morgan fingerprint density at radius 1 is 1.53 bits per heavy atom. The number of fused-ring (bicyclic) bond motifs is 1. The smallest absolute Gasteiger partial charge is 0.0482 e. The van der Waals surface area contributed by atoms with Gasteiger partial charge >= 0.3 is 0 Å². The molecule has 0 aromatic carbocycles. The third-order valence-electron chi connectivity index (χ3n) is 4.65. The molecule has 1 heterocycles. The van der Waals surface area contributed by atoms with Crippen LogP contribution < -0.4 is 11.3 Å². The molecule has 3 N–H and O–H groups in total. The van der Waals surface area contributed by atoms with Crippen LogP contribution in [-0.2, 0) is 6.42 Å². The summed E-state index contributed by atoms with van der Waals surface area (Å²) in [4.78, 5) is 4.57. The highest BCUT2D eigenvalue weighted by atomic mass is 15.2. The molecule has 3 nitrogen and oxygen atoms in total. The Morgan fingerprint density at radius 3 is 2.94 bits per heavy atom. The Kier molecular flexibility index (Phi) is 2.49. The number of hydrogen-bond donors (Lipinski definition) is 2.